The molecule has 1 aliphatic rings. The summed E-state index contributed by atoms with van der Waals surface area (Å²) < 4.78 is 19.7. The Morgan fingerprint density at radius 2 is 1.56 bits per heavy atom. The highest BCUT2D eigenvalue weighted by Crippen LogP contribution is 2.41. The van der Waals surface area contributed by atoms with Crippen molar-refractivity contribution >= 4 is 7.82 Å². The first kappa shape index (κ1) is 14.0. The SMILES string of the molecule is COC1C[C@H](OP(=O)(O)O)C(O)C(O)[C@@H]1O. The van der Waals surface area contributed by atoms with Crippen molar-refractivity contribution in [3.63, 3.8) is 0 Å². The second kappa shape index (κ2) is 5.07. The summed E-state index contributed by atoms with van der Waals surface area (Å²) in [6.07, 6.45) is -6.74. The largest absolute Gasteiger partial charge is 0.469 e. The zero-order chi connectivity index (χ0) is 12.5. The van der Waals surface area contributed by atoms with Crippen LogP contribution in [-0.4, -0.2) is 62.7 Å². The van der Waals surface area contributed by atoms with Crippen LogP contribution in [0.1, 0.15) is 6.42 Å². The summed E-state index contributed by atoms with van der Waals surface area (Å²) in [5.74, 6) is 0. The molecular weight excluding hydrogens is 243 g/mol. The Labute approximate surface area is 91.7 Å². The molecule has 96 valence electrons. The fourth-order valence-corrected chi connectivity index (χ4v) is 2.23. The third-order valence-corrected chi connectivity index (χ3v) is 3.05. The molecule has 0 aromatic carbocycles. The zero-order valence-electron chi connectivity index (χ0n) is 8.50. The van der Waals surface area contributed by atoms with Crippen molar-refractivity contribution in [2.45, 2.75) is 36.9 Å². The molecule has 0 spiro atoms. The van der Waals surface area contributed by atoms with E-state index in [4.69, 9.17) is 14.5 Å². The number of aliphatic hydroxyl groups is 3. The minimum atomic E-state index is -4.76. The van der Waals surface area contributed by atoms with Gasteiger partial charge in [0.2, 0.25) is 0 Å². The van der Waals surface area contributed by atoms with Gasteiger partial charge in [0, 0.05) is 13.5 Å². The lowest BCUT2D eigenvalue weighted by molar-refractivity contribution is -0.180. The number of phosphoric acid groups is 1. The standard InChI is InChI=1S/C7H15O8P/c1-14-3-2-4(15-16(11,12)13)6(9)7(10)5(3)8/h3-10H,2H2,1H3,(H2,11,12,13)/t3?,4-,5+,6?,7?/m0/s1. The van der Waals surface area contributed by atoms with E-state index in [2.05, 4.69) is 4.52 Å². The van der Waals surface area contributed by atoms with Gasteiger partial charge in [-0.25, -0.2) is 4.57 Å². The van der Waals surface area contributed by atoms with E-state index in [1.807, 2.05) is 0 Å². The molecule has 1 aliphatic carbocycles. The Balaban J connectivity index is 2.75. The van der Waals surface area contributed by atoms with Crippen LogP contribution in [0.15, 0.2) is 0 Å². The number of phosphoric ester groups is 1. The van der Waals surface area contributed by atoms with Crippen LogP contribution in [-0.2, 0) is 13.8 Å². The first-order valence-corrected chi connectivity index (χ1v) is 6.10. The maximum atomic E-state index is 10.6. The maximum Gasteiger partial charge on any atom is 0.469 e. The quantitative estimate of drug-likeness (QED) is 0.365. The van der Waals surface area contributed by atoms with Crippen LogP contribution in [0.3, 0.4) is 0 Å². The Morgan fingerprint density at radius 1 is 1.06 bits per heavy atom. The van der Waals surface area contributed by atoms with Crippen LogP contribution in [0, 0.1) is 0 Å². The molecule has 0 saturated heterocycles. The van der Waals surface area contributed by atoms with Crippen molar-refractivity contribution in [1.29, 1.82) is 0 Å². The average Bonchev–Trinajstić information content (AvgIpc) is 2.17. The minimum Gasteiger partial charge on any atom is -0.388 e. The number of hydrogen-bond acceptors (Lipinski definition) is 6. The van der Waals surface area contributed by atoms with Gasteiger partial charge in [-0.2, -0.15) is 0 Å². The van der Waals surface area contributed by atoms with E-state index in [0.717, 1.165) is 0 Å². The fourth-order valence-electron chi connectivity index (χ4n) is 1.67. The highest BCUT2D eigenvalue weighted by atomic mass is 31.2. The summed E-state index contributed by atoms with van der Waals surface area (Å²) in [5.41, 5.74) is 0. The van der Waals surface area contributed by atoms with E-state index in [9.17, 15) is 19.9 Å². The third-order valence-electron chi connectivity index (χ3n) is 2.50. The third kappa shape index (κ3) is 3.22. The normalized spacial score (nSPS) is 41.0. The molecule has 0 heterocycles. The van der Waals surface area contributed by atoms with Crippen molar-refractivity contribution in [2.24, 2.45) is 0 Å². The summed E-state index contributed by atoms with van der Waals surface area (Å²) in [5, 5.41) is 28.3. The summed E-state index contributed by atoms with van der Waals surface area (Å²) in [6, 6.07) is 0. The zero-order valence-corrected chi connectivity index (χ0v) is 9.40. The van der Waals surface area contributed by atoms with Crippen molar-refractivity contribution in [2.75, 3.05) is 7.11 Å². The molecule has 5 N–H and O–H groups in total. The predicted octanol–water partition coefficient (Wildman–Crippen LogP) is -2.03. The van der Waals surface area contributed by atoms with Gasteiger partial charge in [-0.1, -0.05) is 0 Å². The lowest BCUT2D eigenvalue weighted by atomic mass is 9.87. The number of rotatable bonds is 3. The second-order valence-corrected chi connectivity index (χ2v) is 4.81. The molecular formula is C7H15O8P. The van der Waals surface area contributed by atoms with E-state index in [1.54, 1.807) is 0 Å². The summed E-state index contributed by atoms with van der Waals surface area (Å²) in [6.45, 7) is 0. The van der Waals surface area contributed by atoms with Gasteiger partial charge in [0.25, 0.3) is 0 Å². The van der Waals surface area contributed by atoms with Crippen LogP contribution >= 0.6 is 7.82 Å². The Kier molecular flexibility index (Phi) is 4.44. The molecule has 0 bridgehead atoms. The van der Waals surface area contributed by atoms with Gasteiger partial charge in [0.1, 0.15) is 24.4 Å². The summed E-state index contributed by atoms with van der Waals surface area (Å²) >= 11 is 0. The van der Waals surface area contributed by atoms with E-state index in [0.29, 0.717) is 0 Å². The first-order valence-electron chi connectivity index (χ1n) is 4.57. The van der Waals surface area contributed by atoms with E-state index in [-0.39, 0.29) is 6.42 Å². The predicted molar refractivity (Wildman–Crippen MR) is 50.4 cm³/mol. The van der Waals surface area contributed by atoms with Crippen LogP contribution < -0.4 is 0 Å². The van der Waals surface area contributed by atoms with Gasteiger partial charge in [-0.15, -0.1) is 0 Å². The lowest BCUT2D eigenvalue weighted by Crippen LogP contribution is -2.56. The molecule has 1 rings (SSSR count). The van der Waals surface area contributed by atoms with Gasteiger partial charge in [0.15, 0.2) is 0 Å². The molecule has 0 aromatic rings. The van der Waals surface area contributed by atoms with E-state index in [1.165, 1.54) is 7.11 Å². The van der Waals surface area contributed by atoms with Crippen molar-refractivity contribution in [3.05, 3.63) is 0 Å². The highest BCUT2D eigenvalue weighted by molar-refractivity contribution is 7.46. The average molecular weight is 258 g/mol. The van der Waals surface area contributed by atoms with Gasteiger partial charge in [-0.05, 0) is 0 Å². The fraction of sp³-hybridized carbons (Fsp3) is 1.00. The van der Waals surface area contributed by atoms with Gasteiger partial charge in [0.05, 0.1) is 6.10 Å². The van der Waals surface area contributed by atoms with Crippen molar-refractivity contribution in [3.8, 4) is 0 Å². The van der Waals surface area contributed by atoms with Crippen molar-refractivity contribution in [1.82, 2.24) is 0 Å². The topological polar surface area (TPSA) is 137 Å². The molecule has 0 aromatic heterocycles. The molecule has 16 heavy (non-hydrogen) atoms. The van der Waals surface area contributed by atoms with E-state index >= 15 is 0 Å². The van der Waals surface area contributed by atoms with Crippen LogP contribution in [0.5, 0.6) is 0 Å². The Bertz CT molecular complexity index is 276. The summed E-state index contributed by atoms with van der Waals surface area (Å²) in [7, 11) is -3.49. The van der Waals surface area contributed by atoms with Crippen LogP contribution in [0.2, 0.25) is 0 Å². The summed E-state index contributed by atoms with van der Waals surface area (Å²) in [4.78, 5) is 17.2. The van der Waals surface area contributed by atoms with Crippen molar-refractivity contribution < 1.29 is 38.9 Å². The molecule has 0 aliphatic heterocycles. The lowest BCUT2D eigenvalue weighted by Gasteiger charge is -2.39. The first-order chi connectivity index (χ1) is 7.26. The monoisotopic (exact) mass is 258 g/mol. The van der Waals surface area contributed by atoms with Gasteiger partial charge < -0.3 is 29.8 Å². The molecule has 5 atom stereocenters. The molecule has 0 amide bonds. The Morgan fingerprint density at radius 3 is 2.00 bits per heavy atom. The minimum absolute atomic E-state index is 0.124. The number of methoxy groups -OCH3 is 1. The number of hydrogen-bond donors (Lipinski definition) is 5. The Hall–Kier alpha value is -0.0500. The van der Waals surface area contributed by atoms with Gasteiger partial charge in [-0.3, -0.25) is 4.52 Å². The highest BCUT2D eigenvalue weighted by Gasteiger charge is 2.45. The molecule has 1 fully saturated rings. The van der Waals surface area contributed by atoms with Crippen LogP contribution in [0.25, 0.3) is 0 Å². The number of ether oxygens (including phenoxy) is 1. The van der Waals surface area contributed by atoms with Gasteiger partial charge >= 0.3 is 7.82 Å². The molecule has 0 radical (unpaired) electrons. The molecule has 9 heteroatoms. The van der Waals surface area contributed by atoms with Crippen LogP contribution in [0.4, 0.5) is 0 Å². The van der Waals surface area contributed by atoms with E-state index < -0.39 is 38.3 Å². The number of aliphatic hydroxyl groups excluding tert-OH is 3. The second-order valence-electron chi connectivity index (χ2n) is 3.62. The molecule has 1 saturated carbocycles. The smallest absolute Gasteiger partial charge is 0.388 e. The molecule has 3 unspecified atom stereocenters. The maximum absolute atomic E-state index is 10.6. The molecule has 8 nitrogen and oxygen atoms in total.